The van der Waals surface area contributed by atoms with E-state index < -0.39 is 0 Å². The van der Waals surface area contributed by atoms with Crippen LogP contribution >= 0.6 is 22.9 Å². The number of benzene rings is 5. The summed E-state index contributed by atoms with van der Waals surface area (Å²) in [4.78, 5) is 77.4. The summed E-state index contributed by atoms with van der Waals surface area (Å²) < 4.78 is 5.59. The monoisotopic (exact) mass is 1250 g/mol. The third-order valence-electron chi connectivity index (χ3n) is 15.4. The topological polar surface area (TPSA) is 219 Å². The van der Waals surface area contributed by atoms with Crippen molar-refractivity contribution in [3.05, 3.63) is 276 Å². The molecule has 0 aliphatic carbocycles. The van der Waals surface area contributed by atoms with Gasteiger partial charge in [0.05, 0.1) is 86.9 Å². The first kappa shape index (κ1) is 60.7. The molecule has 3 aliphatic heterocycles. The van der Waals surface area contributed by atoms with Crippen LogP contribution < -0.4 is 16.0 Å². The number of H-pyrrole nitrogens is 1. The average molecular weight is 1250 g/mol. The van der Waals surface area contributed by atoms with Gasteiger partial charge >= 0.3 is 0 Å². The van der Waals surface area contributed by atoms with Crippen molar-refractivity contribution in [1.82, 2.24) is 59.6 Å². The number of pyridine rings is 1. The third-order valence-corrected chi connectivity index (χ3v) is 16.5. The molecule has 0 radical (unpaired) electrons. The van der Waals surface area contributed by atoms with E-state index in [1.165, 1.54) is 0 Å². The largest absolute Gasteiger partial charge is 0.347 e. The molecule has 20 heteroatoms. The minimum Gasteiger partial charge on any atom is -0.347 e. The summed E-state index contributed by atoms with van der Waals surface area (Å²) in [5.74, 6) is 19.0. The molecule has 2 atom stereocenters. The number of nitrogens with one attached hydrogen (secondary N) is 4. The smallest absolute Gasteiger partial charge is 0.252 e. The van der Waals surface area contributed by atoms with Crippen molar-refractivity contribution in [2.45, 2.75) is 52.1 Å². The van der Waals surface area contributed by atoms with Gasteiger partial charge in [0, 0.05) is 76.8 Å². The van der Waals surface area contributed by atoms with Crippen LogP contribution in [0.4, 0.5) is 0 Å². The van der Waals surface area contributed by atoms with Crippen LogP contribution in [0.25, 0.3) is 11.0 Å². The second-order valence-electron chi connectivity index (χ2n) is 21.9. The zero-order chi connectivity index (χ0) is 63.7. The van der Waals surface area contributed by atoms with Crippen molar-refractivity contribution in [2.24, 2.45) is 36.1 Å². The zero-order valence-electron chi connectivity index (χ0n) is 50.7. The number of aromatic nitrogens is 9. The zero-order valence-corrected chi connectivity index (χ0v) is 52.2. The minimum absolute atomic E-state index is 0.0735. The number of imidazole rings is 4. The molecule has 14 rings (SSSR count). The molecular weight excluding hydrogens is 1190 g/mol. The average Bonchev–Trinajstić information content (AvgIpc) is 1.66. The molecule has 6 aromatic heterocycles. The van der Waals surface area contributed by atoms with Crippen LogP contribution in [0.1, 0.15) is 128 Å². The first-order valence-corrected chi connectivity index (χ1v) is 30.5. The minimum atomic E-state index is -0.336. The third kappa shape index (κ3) is 14.1. The highest BCUT2D eigenvalue weighted by Gasteiger charge is 2.23. The molecule has 4 N–H and O–H groups in total. The first-order valence-electron chi connectivity index (χ1n) is 29.3. The summed E-state index contributed by atoms with van der Waals surface area (Å²) in [5, 5.41) is 11.8. The Bertz CT molecular complexity index is 4920. The Hall–Kier alpha value is -11.6. The van der Waals surface area contributed by atoms with E-state index in [2.05, 4.69) is 102 Å². The lowest BCUT2D eigenvalue weighted by atomic mass is 9.98. The van der Waals surface area contributed by atoms with Gasteiger partial charge in [-0.3, -0.25) is 34.3 Å². The van der Waals surface area contributed by atoms with E-state index in [1.807, 2.05) is 169 Å². The number of aliphatic imine (C=N–C) groups is 3. The molecule has 92 heavy (non-hydrogen) atoms. The number of fused-ring (bicyclic) bond motifs is 4. The van der Waals surface area contributed by atoms with Crippen LogP contribution in [-0.4, -0.2) is 78.5 Å². The summed E-state index contributed by atoms with van der Waals surface area (Å²) in [5.41, 5.74) is 17.3. The van der Waals surface area contributed by atoms with E-state index in [1.54, 1.807) is 61.3 Å². The molecule has 452 valence electrons. The predicted molar refractivity (Wildman–Crippen MR) is 358 cm³/mol. The van der Waals surface area contributed by atoms with Gasteiger partial charge in [0.2, 0.25) is 0 Å². The van der Waals surface area contributed by atoms with Gasteiger partial charge in [-0.25, -0.2) is 19.9 Å². The summed E-state index contributed by atoms with van der Waals surface area (Å²) in [7, 11) is 5.71. The van der Waals surface area contributed by atoms with Gasteiger partial charge in [-0.05, 0) is 167 Å². The van der Waals surface area contributed by atoms with E-state index in [0.29, 0.717) is 47.9 Å². The van der Waals surface area contributed by atoms with Crippen LogP contribution in [0.15, 0.2) is 192 Å². The lowest BCUT2D eigenvalue weighted by Gasteiger charge is -2.20. The molecule has 2 unspecified atom stereocenters. The molecule has 11 aromatic rings. The van der Waals surface area contributed by atoms with Crippen LogP contribution in [0.2, 0.25) is 5.02 Å². The Balaban J connectivity index is 0.000000134. The van der Waals surface area contributed by atoms with Crippen molar-refractivity contribution in [2.75, 3.05) is 0 Å². The Morgan fingerprint density at radius 3 is 1.54 bits per heavy atom. The molecule has 0 spiro atoms. The number of carbonyl (C=O) groups excluding carboxylic acids is 3. The molecule has 5 aromatic carbocycles. The molecular formula is C72H58ClN15O3S. The Morgan fingerprint density at radius 1 is 0.576 bits per heavy atom. The van der Waals surface area contributed by atoms with E-state index >= 15 is 0 Å². The van der Waals surface area contributed by atoms with Crippen molar-refractivity contribution in [3.8, 4) is 35.5 Å². The van der Waals surface area contributed by atoms with Gasteiger partial charge in [0.15, 0.2) is 0 Å². The fourth-order valence-corrected chi connectivity index (χ4v) is 11.1. The lowest BCUT2D eigenvalue weighted by Crippen LogP contribution is -2.29. The number of aryl methyl sites for hydroxylation is 4. The van der Waals surface area contributed by atoms with Gasteiger partial charge in [0.25, 0.3) is 17.7 Å². The highest BCUT2D eigenvalue weighted by atomic mass is 35.5. The van der Waals surface area contributed by atoms with Crippen molar-refractivity contribution in [1.29, 1.82) is 0 Å². The Labute approximate surface area is 539 Å². The summed E-state index contributed by atoms with van der Waals surface area (Å²) in [6.07, 6.45) is 13.7. The normalized spacial score (nSPS) is 12.8. The summed E-state index contributed by atoms with van der Waals surface area (Å²) in [6, 6.07) is 37.6. The van der Waals surface area contributed by atoms with Crippen molar-refractivity contribution in [3.63, 3.8) is 0 Å². The highest BCUT2D eigenvalue weighted by molar-refractivity contribution is 7.09. The van der Waals surface area contributed by atoms with E-state index in [9.17, 15) is 14.4 Å². The van der Waals surface area contributed by atoms with Crippen molar-refractivity contribution < 1.29 is 14.4 Å². The van der Waals surface area contributed by atoms with Gasteiger partial charge in [0.1, 0.15) is 40.0 Å². The summed E-state index contributed by atoms with van der Waals surface area (Å²) in [6.45, 7) is 6.08. The fourth-order valence-electron chi connectivity index (χ4n) is 10.3. The molecule has 0 saturated carbocycles. The first-order chi connectivity index (χ1) is 44.8. The molecule has 3 aliphatic rings. The van der Waals surface area contributed by atoms with Gasteiger partial charge < -0.3 is 34.6 Å². The van der Waals surface area contributed by atoms with E-state index in [-0.39, 0.29) is 29.8 Å². The van der Waals surface area contributed by atoms with Gasteiger partial charge in [-0.2, -0.15) is 0 Å². The maximum absolute atomic E-state index is 13.2. The van der Waals surface area contributed by atoms with E-state index in [4.69, 9.17) is 11.6 Å². The molecule has 18 nitrogen and oxygen atoms in total. The highest BCUT2D eigenvalue weighted by Crippen LogP contribution is 2.27. The predicted octanol–water partition coefficient (Wildman–Crippen LogP) is 10.6. The molecule has 0 bridgehead atoms. The fraction of sp³-hybridized carbons (Fsp3) is 0.153. The molecule has 9 heterocycles. The molecule has 0 saturated heterocycles. The Morgan fingerprint density at radius 2 is 1.07 bits per heavy atom. The molecule has 3 amide bonds. The van der Waals surface area contributed by atoms with Crippen LogP contribution in [-0.2, 0) is 47.3 Å². The maximum atomic E-state index is 13.2. The number of hydrogen-bond donors (Lipinski definition) is 4. The van der Waals surface area contributed by atoms with Crippen molar-refractivity contribution >= 4 is 68.8 Å². The second-order valence-corrected chi connectivity index (χ2v) is 23.3. The van der Waals surface area contributed by atoms with Crippen LogP contribution in [0.3, 0.4) is 0 Å². The number of nitrogens with zero attached hydrogens (tertiary/aromatic N) is 11. The number of hydrogen-bond acceptors (Lipinski definition) is 12. The van der Waals surface area contributed by atoms with E-state index in [0.717, 1.165) is 106 Å². The van der Waals surface area contributed by atoms with Gasteiger partial charge in [-0.15, -0.1) is 11.3 Å². The number of thiophene rings is 1. The second kappa shape index (κ2) is 27.4. The number of amides is 3. The number of halogens is 1. The molecule has 0 fully saturated rings. The number of carbonyl (C=O) groups is 3. The van der Waals surface area contributed by atoms with Crippen LogP contribution in [0, 0.1) is 42.4 Å². The Kier molecular flexibility index (Phi) is 18.1. The SMILES string of the molecule is Cc1ccc2nc(C(C)NC(=O)c3ccc4c(c3)CN=C4C#Cc3cncn3C)[nH]c2c1.Cn1cncc1C#CC1=NCc2cc(C(=O)NC(c3ccncc3)c3ccc(Cl)cc3)ccc21.Cn1cncc1C#CC1=NCc2cc(C(=O)NCc3cccs3)ccc21. The quantitative estimate of drug-likeness (QED) is 0.0963. The van der Waals surface area contributed by atoms with Crippen LogP contribution in [0.5, 0.6) is 0 Å². The lowest BCUT2D eigenvalue weighted by molar-refractivity contribution is 0.0932. The number of aromatic amines is 1. The standard InChI is InChI=1S/C27H20ClN5O.C25H22N6O.C20H16N4OS/c1-33-17-30-16-23(33)7-9-25-24-8-4-20(14-21(24)15-31-25)27(34)32-26(19-10-12-29-13-11-19)18-2-5-22(28)6-3-18;1-15-4-8-22-23(10-15)30-24(29-22)16(2)28-25(32)17-5-7-20-18(11-17)12-27-21(20)9-6-19-13-26-14-31(19)3;1-24-13-21-11-16(24)5-7-19-18-6-4-14(9-15(18)10-22-19)20(25)23-12-17-3-2-8-26-17/h2-6,8,10-14,16-17,26H,15H2,1H3,(H,32,34);4-5,7-8,10-11,13-14,16H,12H2,1-3H3,(H,28,32)(H,29,30);2-4,6,8-9,11,13H,10,12H2,1H3,(H,23,25). The maximum Gasteiger partial charge on any atom is 0.252 e. The van der Waals surface area contributed by atoms with Gasteiger partial charge in [-0.1, -0.05) is 54.1 Å². The summed E-state index contributed by atoms with van der Waals surface area (Å²) >= 11 is 7.70. The number of rotatable bonds is 10.